The first-order valence-electron chi connectivity index (χ1n) is 5.49. The molecule has 0 saturated carbocycles. The number of H-pyrrole nitrogens is 1. The lowest BCUT2D eigenvalue weighted by Crippen LogP contribution is -2.13. The van der Waals surface area contributed by atoms with Gasteiger partial charge in [0.2, 0.25) is 0 Å². The van der Waals surface area contributed by atoms with Crippen LogP contribution >= 0.6 is 0 Å². The average molecular weight is 250 g/mol. The molecule has 0 aromatic carbocycles. The van der Waals surface area contributed by atoms with Crippen molar-refractivity contribution < 1.29 is 9.53 Å². The molecule has 2 heterocycles. The summed E-state index contributed by atoms with van der Waals surface area (Å²) in [5, 5.41) is 6.51. The van der Waals surface area contributed by atoms with Crippen LogP contribution in [0.3, 0.4) is 0 Å². The summed E-state index contributed by atoms with van der Waals surface area (Å²) in [6.45, 7) is 3.87. The minimum Gasteiger partial charge on any atom is -0.461 e. The number of hydrogen-bond donors (Lipinski definition) is 2. The second-order valence-electron chi connectivity index (χ2n) is 3.65. The van der Waals surface area contributed by atoms with Gasteiger partial charge in [-0.15, -0.1) is 0 Å². The Balaban J connectivity index is 2.28. The lowest BCUT2D eigenvalue weighted by molar-refractivity contribution is 0.0521. The fourth-order valence-electron chi connectivity index (χ4n) is 1.58. The van der Waals surface area contributed by atoms with Crippen LogP contribution in [0.5, 0.6) is 0 Å². The Labute approximate surface area is 103 Å². The van der Waals surface area contributed by atoms with Gasteiger partial charge in [-0.1, -0.05) is 0 Å². The quantitative estimate of drug-likeness (QED) is 0.758. The van der Waals surface area contributed by atoms with E-state index in [-0.39, 0.29) is 24.2 Å². The highest BCUT2D eigenvalue weighted by atomic mass is 16.5. The van der Waals surface area contributed by atoms with Crippen molar-refractivity contribution in [1.82, 2.24) is 24.7 Å². The highest BCUT2D eigenvalue weighted by Crippen LogP contribution is 2.20. The zero-order valence-corrected chi connectivity index (χ0v) is 10.1. The molecule has 2 rings (SSSR count). The second kappa shape index (κ2) is 4.86. The Morgan fingerprint density at radius 2 is 2.39 bits per heavy atom. The molecule has 0 aliphatic heterocycles. The second-order valence-corrected chi connectivity index (χ2v) is 3.65. The number of hydrogen-bond acceptors (Lipinski definition) is 6. The Bertz CT molecular complexity index is 533. The molecule has 0 amide bonds. The van der Waals surface area contributed by atoms with Gasteiger partial charge in [0.1, 0.15) is 18.0 Å². The SMILES string of the molecule is CCOC(=O)c1ncn(C(C)c2ncn[nH]2)c1N. The first-order chi connectivity index (χ1) is 8.65. The van der Waals surface area contributed by atoms with Crippen molar-refractivity contribution in [2.45, 2.75) is 19.9 Å². The molecule has 0 aliphatic rings. The Morgan fingerprint density at radius 3 is 3.00 bits per heavy atom. The van der Waals surface area contributed by atoms with E-state index in [2.05, 4.69) is 20.2 Å². The van der Waals surface area contributed by atoms with E-state index in [1.54, 1.807) is 11.5 Å². The summed E-state index contributed by atoms with van der Waals surface area (Å²) in [4.78, 5) is 19.6. The van der Waals surface area contributed by atoms with E-state index in [0.29, 0.717) is 5.82 Å². The minimum atomic E-state index is -0.529. The van der Waals surface area contributed by atoms with Gasteiger partial charge in [-0.25, -0.2) is 14.8 Å². The van der Waals surface area contributed by atoms with E-state index in [1.165, 1.54) is 12.7 Å². The van der Waals surface area contributed by atoms with Gasteiger partial charge in [-0.05, 0) is 13.8 Å². The van der Waals surface area contributed by atoms with E-state index < -0.39 is 5.97 Å². The number of ether oxygens (including phenoxy) is 1. The van der Waals surface area contributed by atoms with Gasteiger partial charge in [0, 0.05) is 0 Å². The van der Waals surface area contributed by atoms with Crippen LogP contribution in [0.15, 0.2) is 12.7 Å². The van der Waals surface area contributed by atoms with Crippen LogP contribution in [-0.4, -0.2) is 37.3 Å². The molecule has 8 heteroatoms. The van der Waals surface area contributed by atoms with Gasteiger partial charge in [0.15, 0.2) is 5.69 Å². The Kier molecular flexibility index (Phi) is 3.26. The number of esters is 1. The third kappa shape index (κ3) is 2.04. The first-order valence-corrected chi connectivity index (χ1v) is 5.49. The summed E-state index contributed by atoms with van der Waals surface area (Å²) < 4.78 is 6.49. The molecule has 1 atom stereocenters. The lowest BCUT2D eigenvalue weighted by Gasteiger charge is -2.11. The van der Waals surface area contributed by atoms with Gasteiger partial charge < -0.3 is 15.0 Å². The van der Waals surface area contributed by atoms with Crippen molar-refractivity contribution in [3.8, 4) is 0 Å². The van der Waals surface area contributed by atoms with Gasteiger partial charge >= 0.3 is 5.97 Å². The largest absolute Gasteiger partial charge is 0.461 e. The molecule has 0 bridgehead atoms. The number of aromatic nitrogens is 5. The van der Waals surface area contributed by atoms with Crippen molar-refractivity contribution >= 4 is 11.8 Å². The fourth-order valence-corrected chi connectivity index (χ4v) is 1.58. The third-order valence-corrected chi connectivity index (χ3v) is 2.55. The number of nitrogens with one attached hydrogen (secondary N) is 1. The van der Waals surface area contributed by atoms with Crippen LogP contribution in [-0.2, 0) is 4.74 Å². The van der Waals surface area contributed by atoms with Gasteiger partial charge in [-0.3, -0.25) is 5.10 Å². The maximum atomic E-state index is 11.6. The molecule has 3 N–H and O–H groups in total. The summed E-state index contributed by atoms with van der Waals surface area (Å²) >= 11 is 0. The molecule has 0 spiro atoms. The van der Waals surface area contributed by atoms with Crippen LogP contribution in [0, 0.1) is 0 Å². The van der Waals surface area contributed by atoms with Crippen LogP contribution < -0.4 is 5.73 Å². The molecule has 18 heavy (non-hydrogen) atoms. The predicted octanol–water partition coefficient (Wildman–Crippen LogP) is 0.369. The van der Waals surface area contributed by atoms with E-state index in [0.717, 1.165) is 0 Å². The number of carbonyl (C=O) groups excluding carboxylic acids is 1. The number of nitrogens with two attached hydrogens (primary N) is 1. The number of nitrogens with zero attached hydrogens (tertiary/aromatic N) is 4. The zero-order chi connectivity index (χ0) is 13.1. The fraction of sp³-hybridized carbons (Fsp3) is 0.400. The molecular formula is C10H14N6O2. The average Bonchev–Trinajstić information content (AvgIpc) is 2.97. The van der Waals surface area contributed by atoms with Crippen LogP contribution in [0.25, 0.3) is 0 Å². The molecule has 0 saturated heterocycles. The minimum absolute atomic E-state index is 0.114. The van der Waals surface area contributed by atoms with Gasteiger partial charge in [0.25, 0.3) is 0 Å². The topological polar surface area (TPSA) is 112 Å². The summed E-state index contributed by atoms with van der Waals surface area (Å²) in [5.41, 5.74) is 5.99. The molecule has 0 radical (unpaired) electrons. The molecule has 0 aliphatic carbocycles. The van der Waals surface area contributed by atoms with E-state index >= 15 is 0 Å². The Morgan fingerprint density at radius 1 is 1.61 bits per heavy atom. The van der Waals surface area contributed by atoms with Crippen LogP contribution in [0.1, 0.15) is 36.2 Å². The molecule has 96 valence electrons. The van der Waals surface area contributed by atoms with Crippen molar-refractivity contribution in [2.75, 3.05) is 12.3 Å². The Hall–Kier alpha value is -2.38. The number of anilines is 1. The molecule has 1 unspecified atom stereocenters. The number of rotatable bonds is 4. The predicted molar refractivity (Wildman–Crippen MR) is 62.8 cm³/mol. The molecule has 0 fully saturated rings. The zero-order valence-electron chi connectivity index (χ0n) is 10.1. The summed E-state index contributed by atoms with van der Waals surface area (Å²) in [6.07, 6.45) is 2.89. The highest BCUT2D eigenvalue weighted by Gasteiger charge is 2.21. The van der Waals surface area contributed by atoms with Crippen molar-refractivity contribution in [3.63, 3.8) is 0 Å². The maximum absolute atomic E-state index is 11.6. The van der Waals surface area contributed by atoms with Crippen molar-refractivity contribution in [1.29, 1.82) is 0 Å². The summed E-state index contributed by atoms with van der Waals surface area (Å²) in [6, 6.07) is -0.192. The van der Waals surface area contributed by atoms with Crippen LogP contribution in [0.4, 0.5) is 5.82 Å². The maximum Gasteiger partial charge on any atom is 0.360 e. The monoisotopic (exact) mass is 250 g/mol. The smallest absolute Gasteiger partial charge is 0.360 e. The molecule has 2 aromatic heterocycles. The van der Waals surface area contributed by atoms with Crippen molar-refractivity contribution in [2.24, 2.45) is 0 Å². The van der Waals surface area contributed by atoms with Gasteiger partial charge in [0.05, 0.1) is 19.0 Å². The van der Waals surface area contributed by atoms with Gasteiger partial charge in [-0.2, -0.15) is 5.10 Å². The highest BCUT2D eigenvalue weighted by molar-refractivity contribution is 5.92. The number of carbonyl (C=O) groups is 1. The molecular weight excluding hydrogens is 236 g/mol. The third-order valence-electron chi connectivity index (χ3n) is 2.55. The number of nitrogen functional groups attached to an aromatic ring is 1. The molecule has 2 aromatic rings. The first kappa shape index (κ1) is 12.1. The van der Waals surface area contributed by atoms with E-state index in [9.17, 15) is 4.79 Å². The van der Waals surface area contributed by atoms with E-state index in [1.807, 2.05) is 6.92 Å². The molecule has 8 nitrogen and oxygen atoms in total. The number of aromatic amines is 1. The normalized spacial score (nSPS) is 12.3. The van der Waals surface area contributed by atoms with E-state index in [4.69, 9.17) is 10.5 Å². The van der Waals surface area contributed by atoms with Crippen molar-refractivity contribution in [3.05, 3.63) is 24.2 Å². The lowest BCUT2D eigenvalue weighted by atomic mass is 10.3. The number of imidazole rings is 1. The van der Waals surface area contributed by atoms with Crippen LogP contribution in [0.2, 0.25) is 0 Å². The summed E-state index contributed by atoms with van der Waals surface area (Å²) in [7, 11) is 0. The standard InChI is InChI=1S/C10H14N6O2/c1-3-18-10(17)7-8(11)16(5-13-7)6(2)9-12-4-14-15-9/h4-6H,3,11H2,1-2H3,(H,12,14,15). The summed E-state index contributed by atoms with van der Waals surface area (Å²) in [5.74, 6) is 0.352.